The van der Waals surface area contributed by atoms with Gasteiger partial charge in [0.15, 0.2) is 0 Å². The molecule has 0 amide bonds. The Labute approximate surface area is 69.2 Å². The van der Waals surface area contributed by atoms with Gasteiger partial charge in [-0.15, -0.1) is 0 Å². The standard InChI is InChI=1S/C8H10F2N2/c9-5-2-1-3-6(10)8(5)7(12)4-11/h1-3,7H,4,11-12H2/t7-/m1/s1. The summed E-state index contributed by atoms with van der Waals surface area (Å²) < 4.78 is 25.8. The lowest BCUT2D eigenvalue weighted by Gasteiger charge is -2.10. The van der Waals surface area contributed by atoms with Crippen molar-refractivity contribution in [2.24, 2.45) is 11.5 Å². The first-order chi connectivity index (χ1) is 5.66. The van der Waals surface area contributed by atoms with Crippen LogP contribution in [-0.4, -0.2) is 6.54 Å². The van der Waals surface area contributed by atoms with Gasteiger partial charge in [-0.25, -0.2) is 8.78 Å². The minimum Gasteiger partial charge on any atom is -0.329 e. The van der Waals surface area contributed by atoms with Crippen LogP contribution in [0.3, 0.4) is 0 Å². The Morgan fingerprint density at radius 2 is 1.75 bits per heavy atom. The summed E-state index contributed by atoms with van der Waals surface area (Å²) in [5, 5.41) is 0. The molecule has 1 atom stereocenters. The van der Waals surface area contributed by atoms with Crippen LogP contribution in [0.1, 0.15) is 11.6 Å². The van der Waals surface area contributed by atoms with Gasteiger partial charge >= 0.3 is 0 Å². The molecule has 0 radical (unpaired) electrons. The highest BCUT2D eigenvalue weighted by molar-refractivity contribution is 5.23. The van der Waals surface area contributed by atoms with Crippen molar-refractivity contribution in [1.29, 1.82) is 0 Å². The van der Waals surface area contributed by atoms with Crippen molar-refractivity contribution in [3.8, 4) is 0 Å². The fraction of sp³-hybridized carbons (Fsp3) is 0.250. The number of hydrogen-bond donors (Lipinski definition) is 2. The van der Waals surface area contributed by atoms with E-state index < -0.39 is 17.7 Å². The molecule has 1 rings (SSSR count). The lowest BCUT2D eigenvalue weighted by molar-refractivity contribution is 0.528. The topological polar surface area (TPSA) is 52.0 Å². The fourth-order valence-corrected chi connectivity index (χ4v) is 0.983. The zero-order chi connectivity index (χ0) is 9.14. The smallest absolute Gasteiger partial charge is 0.130 e. The molecule has 0 saturated carbocycles. The Morgan fingerprint density at radius 3 is 2.17 bits per heavy atom. The van der Waals surface area contributed by atoms with E-state index in [4.69, 9.17) is 11.5 Å². The number of rotatable bonds is 2. The van der Waals surface area contributed by atoms with Crippen molar-refractivity contribution < 1.29 is 8.78 Å². The molecule has 4 heteroatoms. The van der Waals surface area contributed by atoms with Crippen molar-refractivity contribution in [3.05, 3.63) is 35.4 Å². The normalized spacial score (nSPS) is 13.0. The summed E-state index contributed by atoms with van der Waals surface area (Å²) >= 11 is 0. The Kier molecular flexibility index (Phi) is 2.73. The summed E-state index contributed by atoms with van der Waals surface area (Å²) in [6, 6.07) is 2.84. The largest absolute Gasteiger partial charge is 0.329 e. The summed E-state index contributed by atoms with van der Waals surface area (Å²) in [7, 11) is 0. The maximum atomic E-state index is 12.9. The molecule has 4 N–H and O–H groups in total. The highest BCUT2D eigenvalue weighted by Crippen LogP contribution is 2.17. The summed E-state index contributed by atoms with van der Waals surface area (Å²) in [4.78, 5) is 0. The molecule has 0 bridgehead atoms. The third kappa shape index (κ3) is 1.60. The minimum atomic E-state index is -0.772. The molecule has 0 aliphatic carbocycles. The molecule has 1 aromatic rings. The monoisotopic (exact) mass is 172 g/mol. The van der Waals surface area contributed by atoms with Crippen molar-refractivity contribution in [2.75, 3.05) is 6.54 Å². The van der Waals surface area contributed by atoms with E-state index >= 15 is 0 Å². The highest BCUT2D eigenvalue weighted by atomic mass is 19.1. The van der Waals surface area contributed by atoms with E-state index in [2.05, 4.69) is 0 Å². The summed E-state index contributed by atoms with van der Waals surface area (Å²) in [6.07, 6.45) is 0. The van der Waals surface area contributed by atoms with Gasteiger partial charge in [0.25, 0.3) is 0 Å². The molecule has 0 aliphatic rings. The zero-order valence-corrected chi connectivity index (χ0v) is 6.43. The van der Waals surface area contributed by atoms with Crippen LogP contribution in [0.4, 0.5) is 8.78 Å². The van der Waals surface area contributed by atoms with Crippen LogP contribution < -0.4 is 11.5 Å². The number of benzene rings is 1. The molecule has 0 unspecified atom stereocenters. The van der Waals surface area contributed by atoms with E-state index in [-0.39, 0.29) is 12.1 Å². The van der Waals surface area contributed by atoms with E-state index in [0.29, 0.717) is 0 Å². The maximum absolute atomic E-state index is 12.9. The predicted molar refractivity (Wildman–Crippen MR) is 42.3 cm³/mol. The van der Waals surface area contributed by atoms with Gasteiger partial charge in [0.05, 0.1) is 0 Å². The van der Waals surface area contributed by atoms with Crippen LogP contribution in [0, 0.1) is 11.6 Å². The minimum absolute atomic E-state index is 0.0256. The highest BCUT2D eigenvalue weighted by Gasteiger charge is 2.14. The average molecular weight is 172 g/mol. The van der Waals surface area contributed by atoms with Gasteiger partial charge in [0, 0.05) is 18.2 Å². The molecule has 0 saturated heterocycles. The Balaban J connectivity index is 3.12. The van der Waals surface area contributed by atoms with E-state index in [9.17, 15) is 8.78 Å². The van der Waals surface area contributed by atoms with E-state index in [1.807, 2.05) is 0 Å². The van der Waals surface area contributed by atoms with E-state index in [1.165, 1.54) is 6.07 Å². The SMILES string of the molecule is NC[C@@H](N)c1c(F)cccc1F. The molecule has 66 valence electrons. The molecule has 0 aliphatic heterocycles. The molecule has 2 nitrogen and oxygen atoms in total. The van der Waals surface area contributed by atoms with Gasteiger partial charge in [-0.05, 0) is 12.1 Å². The molecule has 0 fully saturated rings. The van der Waals surface area contributed by atoms with Crippen molar-refractivity contribution >= 4 is 0 Å². The second kappa shape index (κ2) is 3.60. The lowest BCUT2D eigenvalue weighted by atomic mass is 10.1. The first-order valence-electron chi connectivity index (χ1n) is 3.56. The number of hydrogen-bond acceptors (Lipinski definition) is 2. The third-order valence-corrected chi connectivity index (χ3v) is 1.62. The lowest BCUT2D eigenvalue weighted by Crippen LogP contribution is -2.23. The van der Waals surface area contributed by atoms with Gasteiger partial charge in [-0.2, -0.15) is 0 Å². The molecule has 0 aromatic heterocycles. The molecule has 1 aromatic carbocycles. The maximum Gasteiger partial charge on any atom is 0.130 e. The van der Waals surface area contributed by atoms with E-state index in [0.717, 1.165) is 12.1 Å². The Bertz CT molecular complexity index is 256. The first kappa shape index (κ1) is 9.09. The summed E-state index contributed by atoms with van der Waals surface area (Å²) in [6.45, 7) is 0.0256. The van der Waals surface area contributed by atoms with Gasteiger partial charge in [-0.3, -0.25) is 0 Å². The van der Waals surface area contributed by atoms with Crippen molar-refractivity contribution in [2.45, 2.75) is 6.04 Å². The Hall–Kier alpha value is -1.00. The Morgan fingerprint density at radius 1 is 1.25 bits per heavy atom. The quantitative estimate of drug-likeness (QED) is 0.697. The first-order valence-corrected chi connectivity index (χ1v) is 3.56. The van der Waals surface area contributed by atoms with Crippen LogP contribution >= 0.6 is 0 Å². The van der Waals surface area contributed by atoms with Crippen LogP contribution in [0.2, 0.25) is 0 Å². The second-order valence-corrected chi connectivity index (χ2v) is 2.48. The van der Waals surface area contributed by atoms with Crippen LogP contribution in [0.25, 0.3) is 0 Å². The summed E-state index contributed by atoms with van der Waals surface area (Å²) in [5.74, 6) is -1.29. The fourth-order valence-electron chi connectivity index (χ4n) is 0.983. The van der Waals surface area contributed by atoms with Gasteiger partial charge in [-0.1, -0.05) is 6.07 Å². The molecule has 0 spiro atoms. The van der Waals surface area contributed by atoms with Crippen LogP contribution in [0.5, 0.6) is 0 Å². The second-order valence-electron chi connectivity index (χ2n) is 2.48. The molecular formula is C8H10F2N2. The number of nitrogens with two attached hydrogens (primary N) is 2. The summed E-state index contributed by atoms with van der Waals surface area (Å²) in [5.41, 5.74) is 10.4. The van der Waals surface area contributed by atoms with Gasteiger partial charge < -0.3 is 11.5 Å². The van der Waals surface area contributed by atoms with Crippen LogP contribution in [0.15, 0.2) is 18.2 Å². The van der Waals surface area contributed by atoms with Gasteiger partial charge in [0.1, 0.15) is 11.6 Å². The molecule has 12 heavy (non-hydrogen) atoms. The predicted octanol–water partition coefficient (Wildman–Crippen LogP) is 0.923. The average Bonchev–Trinajstić information content (AvgIpc) is 2.03. The molecule has 0 heterocycles. The van der Waals surface area contributed by atoms with Crippen LogP contribution in [-0.2, 0) is 0 Å². The van der Waals surface area contributed by atoms with Gasteiger partial charge in [0.2, 0.25) is 0 Å². The third-order valence-electron chi connectivity index (χ3n) is 1.62. The van der Waals surface area contributed by atoms with Crippen molar-refractivity contribution in [3.63, 3.8) is 0 Å². The number of halogens is 2. The molecular weight excluding hydrogens is 162 g/mol. The van der Waals surface area contributed by atoms with E-state index in [1.54, 1.807) is 0 Å². The van der Waals surface area contributed by atoms with Crippen molar-refractivity contribution in [1.82, 2.24) is 0 Å². The zero-order valence-electron chi connectivity index (χ0n) is 6.43.